The second-order valence-corrected chi connectivity index (χ2v) is 4.91. The molecule has 2 fully saturated rings. The molecule has 0 amide bonds. The van der Waals surface area contributed by atoms with Crippen molar-refractivity contribution >= 4 is 5.78 Å². The fourth-order valence-corrected chi connectivity index (χ4v) is 2.34. The SMILES string of the molecule is CC(=O)CCCN1CCN(C2CC2)CC1. The lowest BCUT2D eigenvalue weighted by molar-refractivity contribution is -0.117. The summed E-state index contributed by atoms with van der Waals surface area (Å²) in [6.45, 7) is 7.68. The summed E-state index contributed by atoms with van der Waals surface area (Å²) in [7, 11) is 0. The van der Waals surface area contributed by atoms with Crippen LogP contribution in [0, 0.1) is 0 Å². The summed E-state index contributed by atoms with van der Waals surface area (Å²) in [4.78, 5) is 15.9. The first-order chi connectivity index (χ1) is 7.25. The smallest absolute Gasteiger partial charge is 0.129 e. The van der Waals surface area contributed by atoms with E-state index in [0.29, 0.717) is 5.78 Å². The van der Waals surface area contributed by atoms with Gasteiger partial charge in [-0.1, -0.05) is 0 Å². The molecule has 0 radical (unpaired) electrons. The van der Waals surface area contributed by atoms with Gasteiger partial charge >= 0.3 is 0 Å². The highest BCUT2D eigenvalue weighted by molar-refractivity contribution is 5.75. The normalized spacial score (nSPS) is 24.3. The van der Waals surface area contributed by atoms with E-state index in [-0.39, 0.29) is 0 Å². The third kappa shape index (κ3) is 3.58. The van der Waals surface area contributed by atoms with Crippen molar-refractivity contribution in [3.8, 4) is 0 Å². The molecular formula is C12H22N2O. The zero-order valence-corrected chi connectivity index (χ0v) is 9.74. The van der Waals surface area contributed by atoms with Gasteiger partial charge in [0.2, 0.25) is 0 Å². The third-order valence-electron chi connectivity index (χ3n) is 3.47. The molecule has 0 N–H and O–H groups in total. The number of ketones is 1. The Labute approximate surface area is 92.4 Å². The Bertz CT molecular complexity index is 218. The molecule has 2 rings (SSSR count). The summed E-state index contributed by atoms with van der Waals surface area (Å²) in [5.74, 6) is 0.326. The number of hydrogen-bond donors (Lipinski definition) is 0. The van der Waals surface area contributed by atoms with Crippen LogP contribution in [0.1, 0.15) is 32.6 Å². The molecule has 3 nitrogen and oxygen atoms in total. The predicted molar refractivity (Wildman–Crippen MR) is 61.0 cm³/mol. The summed E-state index contributed by atoms with van der Waals surface area (Å²) in [6.07, 6.45) is 4.64. The molecule has 15 heavy (non-hydrogen) atoms. The summed E-state index contributed by atoms with van der Waals surface area (Å²) in [6, 6.07) is 0.921. The highest BCUT2D eigenvalue weighted by Gasteiger charge is 2.30. The molecule has 0 bridgehead atoms. The number of rotatable bonds is 5. The molecule has 3 heteroatoms. The van der Waals surface area contributed by atoms with Gasteiger partial charge < -0.3 is 9.69 Å². The van der Waals surface area contributed by atoms with Crippen LogP contribution in [-0.4, -0.2) is 54.3 Å². The van der Waals surface area contributed by atoms with Crippen LogP contribution in [-0.2, 0) is 4.79 Å². The largest absolute Gasteiger partial charge is 0.301 e. The number of carbonyl (C=O) groups excluding carboxylic acids is 1. The van der Waals surface area contributed by atoms with Crippen LogP contribution in [0.2, 0.25) is 0 Å². The zero-order valence-electron chi connectivity index (χ0n) is 9.74. The average molecular weight is 210 g/mol. The first kappa shape index (κ1) is 11.1. The van der Waals surface area contributed by atoms with Crippen molar-refractivity contribution < 1.29 is 4.79 Å². The van der Waals surface area contributed by atoms with Gasteiger partial charge in [-0.25, -0.2) is 0 Å². The lowest BCUT2D eigenvalue weighted by Gasteiger charge is -2.34. The lowest BCUT2D eigenvalue weighted by Crippen LogP contribution is -2.47. The van der Waals surface area contributed by atoms with Crippen molar-refractivity contribution in [2.45, 2.75) is 38.6 Å². The standard InChI is InChI=1S/C12H22N2O/c1-11(15)3-2-6-13-7-9-14(10-8-13)12-4-5-12/h12H,2-10H2,1H3. The van der Waals surface area contributed by atoms with E-state index in [1.54, 1.807) is 6.92 Å². The summed E-state index contributed by atoms with van der Waals surface area (Å²) in [5.41, 5.74) is 0. The predicted octanol–water partition coefficient (Wildman–Crippen LogP) is 1.14. The Morgan fingerprint density at radius 1 is 1.20 bits per heavy atom. The molecule has 1 saturated heterocycles. The van der Waals surface area contributed by atoms with E-state index in [1.165, 1.54) is 39.0 Å². The van der Waals surface area contributed by atoms with Gasteiger partial charge in [0.05, 0.1) is 0 Å². The summed E-state index contributed by atoms with van der Waals surface area (Å²) < 4.78 is 0. The van der Waals surface area contributed by atoms with Gasteiger partial charge in [0.25, 0.3) is 0 Å². The molecule has 0 aromatic carbocycles. The second kappa shape index (κ2) is 5.08. The topological polar surface area (TPSA) is 23.6 Å². The first-order valence-electron chi connectivity index (χ1n) is 6.21. The minimum Gasteiger partial charge on any atom is -0.301 e. The zero-order chi connectivity index (χ0) is 10.7. The van der Waals surface area contributed by atoms with E-state index in [4.69, 9.17) is 0 Å². The fourth-order valence-electron chi connectivity index (χ4n) is 2.34. The van der Waals surface area contributed by atoms with Crippen molar-refractivity contribution in [2.75, 3.05) is 32.7 Å². The molecule has 0 aromatic heterocycles. The van der Waals surface area contributed by atoms with Crippen molar-refractivity contribution in [2.24, 2.45) is 0 Å². The minimum atomic E-state index is 0.326. The number of nitrogens with zero attached hydrogens (tertiary/aromatic N) is 2. The van der Waals surface area contributed by atoms with Crippen LogP contribution < -0.4 is 0 Å². The number of piperazine rings is 1. The monoisotopic (exact) mass is 210 g/mol. The molecule has 0 unspecified atom stereocenters. The van der Waals surface area contributed by atoms with Crippen molar-refractivity contribution in [3.05, 3.63) is 0 Å². The van der Waals surface area contributed by atoms with Crippen LogP contribution in [0.25, 0.3) is 0 Å². The van der Waals surface area contributed by atoms with Gasteiger partial charge in [-0.2, -0.15) is 0 Å². The van der Waals surface area contributed by atoms with E-state index in [2.05, 4.69) is 9.80 Å². The van der Waals surface area contributed by atoms with E-state index in [1.807, 2.05) is 0 Å². The lowest BCUT2D eigenvalue weighted by atomic mass is 10.2. The number of Topliss-reactive ketones (excluding diaryl/α,β-unsaturated/α-hetero) is 1. The third-order valence-corrected chi connectivity index (χ3v) is 3.47. The Balaban J connectivity index is 1.58. The maximum atomic E-state index is 10.8. The van der Waals surface area contributed by atoms with Gasteiger partial charge in [0.15, 0.2) is 0 Å². The molecule has 86 valence electrons. The summed E-state index contributed by atoms with van der Waals surface area (Å²) in [5, 5.41) is 0. The average Bonchev–Trinajstić information content (AvgIpc) is 3.02. The maximum Gasteiger partial charge on any atom is 0.129 e. The van der Waals surface area contributed by atoms with E-state index in [0.717, 1.165) is 25.4 Å². The molecule has 1 heterocycles. The number of carbonyl (C=O) groups is 1. The van der Waals surface area contributed by atoms with Crippen LogP contribution in [0.5, 0.6) is 0 Å². The highest BCUT2D eigenvalue weighted by Crippen LogP contribution is 2.27. The maximum absolute atomic E-state index is 10.8. The van der Waals surface area contributed by atoms with Crippen LogP contribution in [0.15, 0.2) is 0 Å². The van der Waals surface area contributed by atoms with Crippen molar-refractivity contribution in [1.29, 1.82) is 0 Å². The van der Waals surface area contributed by atoms with E-state index >= 15 is 0 Å². The van der Waals surface area contributed by atoms with Gasteiger partial charge in [0, 0.05) is 38.6 Å². The first-order valence-corrected chi connectivity index (χ1v) is 6.21. The highest BCUT2D eigenvalue weighted by atomic mass is 16.1. The molecule has 1 saturated carbocycles. The van der Waals surface area contributed by atoms with Crippen molar-refractivity contribution in [1.82, 2.24) is 9.80 Å². The van der Waals surface area contributed by atoms with Crippen LogP contribution in [0.4, 0.5) is 0 Å². The van der Waals surface area contributed by atoms with Gasteiger partial charge in [-0.3, -0.25) is 4.90 Å². The molecule has 1 aliphatic heterocycles. The quantitative estimate of drug-likeness (QED) is 0.680. The second-order valence-electron chi connectivity index (χ2n) is 4.91. The van der Waals surface area contributed by atoms with Gasteiger partial charge in [0.1, 0.15) is 5.78 Å². The Kier molecular flexibility index (Phi) is 3.76. The van der Waals surface area contributed by atoms with Gasteiger partial charge in [-0.05, 0) is 32.7 Å². The Hall–Kier alpha value is -0.410. The van der Waals surface area contributed by atoms with E-state index in [9.17, 15) is 4.79 Å². The fraction of sp³-hybridized carbons (Fsp3) is 0.917. The number of hydrogen-bond acceptors (Lipinski definition) is 3. The molecule has 2 aliphatic rings. The van der Waals surface area contributed by atoms with Gasteiger partial charge in [-0.15, -0.1) is 0 Å². The molecular weight excluding hydrogens is 188 g/mol. The van der Waals surface area contributed by atoms with E-state index < -0.39 is 0 Å². The minimum absolute atomic E-state index is 0.326. The molecule has 0 atom stereocenters. The van der Waals surface area contributed by atoms with Crippen LogP contribution >= 0.6 is 0 Å². The molecule has 0 aromatic rings. The Morgan fingerprint density at radius 3 is 2.40 bits per heavy atom. The van der Waals surface area contributed by atoms with Crippen molar-refractivity contribution in [3.63, 3.8) is 0 Å². The Morgan fingerprint density at radius 2 is 1.87 bits per heavy atom. The van der Waals surface area contributed by atoms with Crippen LogP contribution in [0.3, 0.4) is 0 Å². The molecule has 1 aliphatic carbocycles. The molecule has 0 spiro atoms. The summed E-state index contributed by atoms with van der Waals surface area (Å²) >= 11 is 0.